The zero-order valence-corrected chi connectivity index (χ0v) is 17.5. The minimum atomic E-state index is -0.254. The molecular weight excluding hydrogens is 364 g/mol. The molecule has 1 heterocycles. The van der Waals surface area contributed by atoms with Crippen LogP contribution in [0.25, 0.3) is 0 Å². The van der Waals surface area contributed by atoms with Gasteiger partial charge in [-0.3, -0.25) is 9.80 Å². The van der Waals surface area contributed by atoms with E-state index in [1.807, 2.05) is 31.2 Å². The number of rotatable bonds is 9. The zero-order chi connectivity index (χ0) is 20.5. The van der Waals surface area contributed by atoms with Gasteiger partial charge in [-0.05, 0) is 31.5 Å². The van der Waals surface area contributed by atoms with Crippen LogP contribution in [0.5, 0.6) is 0 Å². The van der Waals surface area contributed by atoms with Gasteiger partial charge in [0.15, 0.2) is 0 Å². The molecule has 5 heteroatoms. The normalized spacial score (nSPS) is 17.6. The first-order valence-corrected chi connectivity index (χ1v) is 10.5. The highest BCUT2D eigenvalue weighted by molar-refractivity contribution is 5.89. The van der Waals surface area contributed by atoms with E-state index in [9.17, 15) is 4.79 Å². The van der Waals surface area contributed by atoms with E-state index in [1.54, 1.807) is 12.1 Å². The van der Waals surface area contributed by atoms with Gasteiger partial charge in [0.2, 0.25) is 0 Å². The minimum Gasteiger partial charge on any atom is -0.458 e. The monoisotopic (exact) mass is 396 g/mol. The van der Waals surface area contributed by atoms with Gasteiger partial charge in [-0.1, -0.05) is 48.5 Å². The van der Waals surface area contributed by atoms with Crippen LogP contribution in [-0.2, 0) is 15.9 Å². The smallest absolute Gasteiger partial charge is 0.338 e. The molecule has 0 N–H and O–H groups in total. The molecule has 1 fully saturated rings. The van der Waals surface area contributed by atoms with Crippen molar-refractivity contribution in [2.45, 2.75) is 32.6 Å². The van der Waals surface area contributed by atoms with Crippen molar-refractivity contribution in [1.82, 2.24) is 9.80 Å². The lowest BCUT2D eigenvalue weighted by Crippen LogP contribution is -2.53. The second-order valence-corrected chi connectivity index (χ2v) is 7.52. The predicted octanol–water partition coefficient (Wildman–Crippen LogP) is 3.45. The van der Waals surface area contributed by atoms with Crippen molar-refractivity contribution in [2.24, 2.45) is 0 Å². The Hall–Kier alpha value is -2.21. The molecule has 29 heavy (non-hydrogen) atoms. The van der Waals surface area contributed by atoms with Gasteiger partial charge in [-0.15, -0.1) is 0 Å². The number of ether oxygens (including phenoxy) is 2. The van der Waals surface area contributed by atoms with Crippen molar-refractivity contribution < 1.29 is 14.3 Å². The van der Waals surface area contributed by atoms with E-state index in [0.29, 0.717) is 12.2 Å². The lowest BCUT2D eigenvalue weighted by molar-refractivity contribution is -0.0740. The van der Waals surface area contributed by atoms with Gasteiger partial charge in [-0.25, -0.2) is 4.79 Å². The molecule has 5 nitrogen and oxygen atoms in total. The molecule has 2 aromatic carbocycles. The maximum Gasteiger partial charge on any atom is 0.338 e. The van der Waals surface area contributed by atoms with Gasteiger partial charge >= 0.3 is 5.97 Å². The fourth-order valence-electron chi connectivity index (χ4n) is 3.76. The summed E-state index contributed by atoms with van der Waals surface area (Å²) in [4.78, 5) is 17.0. The molecule has 2 atom stereocenters. The van der Waals surface area contributed by atoms with Gasteiger partial charge in [0.1, 0.15) is 12.3 Å². The van der Waals surface area contributed by atoms with Gasteiger partial charge in [0.25, 0.3) is 0 Å². The first kappa shape index (κ1) is 21.5. The molecule has 0 amide bonds. The molecule has 0 aliphatic carbocycles. The summed E-state index contributed by atoms with van der Waals surface area (Å²) in [5, 5.41) is 0. The van der Waals surface area contributed by atoms with Crippen LogP contribution in [0.4, 0.5) is 0 Å². The number of benzene rings is 2. The van der Waals surface area contributed by atoms with E-state index in [0.717, 1.165) is 39.1 Å². The first-order chi connectivity index (χ1) is 14.2. The molecule has 0 aromatic heterocycles. The van der Waals surface area contributed by atoms with Crippen LogP contribution in [0, 0.1) is 0 Å². The molecule has 0 bridgehead atoms. The molecule has 0 saturated carbocycles. The van der Waals surface area contributed by atoms with E-state index in [1.165, 1.54) is 5.56 Å². The summed E-state index contributed by atoms with van der Waals surface area (Å²) in [7, 11) is 0. The third-order valence-corrected chi connectivity index (χ3v) is 5.26. The van der Waals surface area contributed by atoms with E-state index < -0.39 is 0 Å². The van der Waals surface area contributed by atoms with Crippen LogP contribution in [0.3, 0.4) is 0 Å². The second-order valence-electron chi connectivity index (χ2n) is 7.52. The Morgan fingerprint density at radius 3 is 2.21 bits per heavy atom. The molecule has 1 aliphatic heterocycles. The summed E-state index contributed by atoms with van der Waals surface area (Å²) < 4.78 is 11.7. The summed E-state index contributed by atoms with van der Waals surface area (Å²) in [5.74, 6) is -0.254. The summed E-state index contributed by atoms with van der Waals surface area (Å²) in [6, 6.07) is 19.7. The fourth-order valence-corrected chi connectivity index (χ4v) is 3.76. The number of nitrogens with zero attached hydrogens (tertiary/aromatic N) is 2. The van der Waals surface area contributed by atoms with E-state index in [2.05, 4.69) is 41.0 Å². The van der Waals surface area contributed by atoms with E-state index in [4.69, 9.17) is 9.47 Å². The quantitative estimate of drug-likeness (QED) is 0.607. The molecule has 0 spiro atoms. The van der Waals surface area contributed by atoms with Gasteiger partial charge in [0, 0.05) is 45.8 Å². The maximum absolute atomic E-state index is 12.2. The Morgan fingerprint density at radius 2 is 1.59 bits per heavy atom. The topological polar surface area (TPSA) is 42.0 Å². The summed E-state index contributed by atoms with van der Waals surface area (Å²) in [5.41, 5.74) is 1.90. The molecular formula is C24H32N2O3. The average Bonchev–Trinajstić information content (AvgIpc) is 2.75. The SMILES string of the molecule is CCOC(Cc1ccccc1)N1CCN(CC(C)OC(=O)c2ccccc2)CC1. The first-order valence-electron chi connectivity index (χ1n) is 10.5. The zero-order valence-electron chi connectivity index (χ0n) is 17.5. The molecule has 0 radical (unpaired) electrons. The van der Waals surface area contributed by atoms with Crippen molar-refractivity contribution in [2.75, 3.05) is 39.3 Å². The average molecular weight is 397 g/mol. The predicted molar refractivity (Wildman–Crippen MR) is 115 cm³/mol. The van der Waals surface area contributed by atoms with Crippen molar-refractivity contribution in [3.63, 3.8) is 0 Å². The minimum absolute atomic E-state index is 0.109. The van der Waals surface area contributed by atoms with Crippen LogP contribution >= 0.6 is 0 Å². The van der Waals surface area contributed by atoms with E-state index in [-0.39, 0.29) is 18.3 Å². The summed E-state index contributed by atoms with van der Waals surface area (Å²) in [6.07, 6.45) is 0.874. The van der Waals surface area contributed by atoms with Crippen molar-refractivity contribution >= 4 is 5.97 Å². The number of carbonyl (C=O) groups is 1. The number of hydrogen-bond donors (Lipinski definition) is 0. The van der Waals surface area contributed by atoms with Crippen molar-refractivity contribution in [3.8, 4) is 0 Å². The largest absolute Gasteiger partial charge is 0.458 e. The Bertz CT molecular complexity index is 730. The lowest BCUT2D eigenvalue weighted by atomic mass is 10.1. The van der Waals surface area contributed by atoms with Crippen LogP contribution in [0.2, 0.25) is 0 Å². The lowest BCUT2D eigenvalue weighted by Gasteiger charge is -2.39. The molecule has 3 rings (SSSR count). The Kier molecular flexibility index (Phi) is 8.23. The van der Waals surface area contributed by atoms with Gasteiger partial charge in [0.05, 0.1) is 5.56 Å². The molecule has 2 aromatic rings. The highest BCUT2D eigenvalue weighted by Crippen LogP contribution is 2.14. The number of piperazine rings is 1. The third-order valence-electron chi connectivity index (χ3n) is 5.26. The highest BCUT2D eigenvalue weighted by Gasteiger charge is 2.25. The second kappa shape index (κ2) is 11.1. The Labute approximate surface area is 174 Å². The highest BCUT2D eigenvalue weighted by atomic mass is 16.5. The van der Waals surface area contributed by atoms with Crippen LogP contribution in [0.1, 0.15) is 29.8 Å². The fraction of sp³-hybridized carbons (Fsp3) is 0.458. The number of hydrogen-bond acceptors (Lipinski definition) is 5. The summed E-state index contributed by atoms with van der Waals surface area (Å²) >= 11 is 0. The van der Waals surface area contributed by atoms with Crippen molar-refractivity contribution in [1.29, 1.82) is 0 Å². The molecule has 2 unspecified atom stereocenters. The van der Waals surface area contributed by atoms with Crippen LogP contribution in [-0.4, -0.2) is 67.4 Å². The summed E-state index contributed by atoms with van der Waals surface area (Å²) in [6.45, 7) is 9.29. The standard InChI is InChI=1S/C24H32N2O3/c1-3-28-23(18-21-10-6-4-7-11-21)26-16-14-25(15-17-26)19-20(2)29-24(27)22-12-8-5-9-13-22/h4-13,20,23H,3,14-19H2,1-2H3. The van der Waals surface area contributed by atoms with Crippen LogP contribution < -0.4 is 0 Å². The van der Waals surface area contributed by atoms with Gasteiger partial charge < -0.3 is 9.47 Å². The molecule has 1 saturated heterocycles. The van der Waals surface area contributed by atoms with Crippen LogP contribution in [0.15, 0.2) is 60.7 Å². The molecule has 1 aliphatic rings. The number of esters is 1. The number of carbonyl (C=O) groups excluding carboxylic acids is 1. The van der Waals surface area contributed by atoms with Gasteiger partial charge in [-0.2, -0.15) is 0 Å². The Balaban J connectivity index is 1.45. The van der Waals surface area contributed by atoms with E-state index >= 15 is 0 Å². The molecule has 156 valence electrons. The Morgan fingerprint density at radius 1 is 0.966 bits per heavy atom. The maximum atomic E-state index is 12.2. The van der Waals surface area contributed by atoms with Crippen molar-refractivity contribution in [3.05, 3.63) is 71.8 Å². The third kappa shape index (κ3) is 6.67.